The number of hydrogen-bond acceptors (Lipinski definition) is 6. The number of hydrogen-bond donors (Lipinski definition) is 2. The maximum Gasteiger partial charge on any atom is 0.257 e. The Morgan fingerprint density at radius 3 is 2.87 bits per heavy atom. The number of methoxy groups -OCH3 is 1. The Balaban J connectivity index is 1.43. The number of nitrogens with one attached hydrogen (secondary N) is 1. The highest BCUT2D eigenvalue weighted by molar-refractivity contribution is 7.19. The van der Waals surface area contributed by atoms with E-state index in [0.29, 0.717) is 25.3 Å². The van der Waals surface area contributed by atoms with E-state index in [1.165, 1.54) is 7.11 Å². The van der Waals surface area contributed by atoms with Crippen molar-refractivity contribution < 1.29 is 14.3 Å². The second kappa shape index (κ2) is 8.81. The number of nitrogens with two attached hydrogens (primary N) is 1. The molecule has 3 heterocycles. The largest absolute Gasteiger partial charge is 0.383 e. The minimum absolute atomic E-state index is 0.146. The van der Waals surface area contributed by atoms with Crippen LogP contribution in [-0.2, 0) is 20.9 Å². The minimum Gasteiger partial charge on any atom is -0.383 e. The second-order valence-electron chi connectivity index (χ2n) is 7.25. The Kier molecular flexibility index (Phi) is 5.96. The van der Waals surface area contributed by atoms with Gasteiger partial charge in [0.15, 0.2) is 6.10 Å². The summed E-state index contributed by atoms with van der Waals surface area (Å²) in [6.45, 7) is 0.942. The lowest BCUT2D eigenvalue weighted by Crippen LogP contribution is -2.47. The molecule has 30 heavy (non-hydrogen) atoms. The van der Waals surface area contributed by atoms with E-state index in [4.69, 9.17) is 10.5 Å². The summed E-state index contributed by atoms with van der Waals surface area (Å²) in [4.78, 5) is 32.7. The van der Waals surface area contributed by atoms with Crippen molar-refractivity contribution >= 4 is 39.1 Å². The van der Waals surface area contributed by atoms with Gasteiger partial charge in [-0.05, 0) is 30.5 Å². The van der Waals surface area contributed by atoms with Crippen molar-refractivity contribution in [2.45, 2.75) is 31.5 Å². The summed E-state index contributed by atoms with van der Waals surface area (Å²) < 4.78 is 6.51. The number of benzene rings is 1. The van der Waals surface area contributed by atoms with Crippen molar-refractivity contribution in [3.63, 3.8) is 0 Å². The van der Waals surface area contributed by atoms with Crippen LogP contribution in [0.1, 0.15) is 29.4 Å². The zero-order chi connectivity index (χ0) is 21.1. The molecular weight excluding hydrogens is 400 g/mol. The Bertz CT molecular complexity index is 1050. The third-order valence-corrected chi connectivity index (χ3v) is 6.47. The fourth-order valence-corrected chi connectivity index (χ4v) is 4.88. The molecular formula is C22H24N4O3S. The lowest BCUT2D eigenvalue weighted by atomic mass is 10.1. The molecule has 2 atom stereocenters. The molecule has 0 unspecified atom stereocenters. The van der Waals surface area contributed by atoms with Crippen LogP contribution in [0, 0.1) is 0 Å². The average Bonchev–Trinajstić information content (AvgIpc) is 3.41. The first-order valence-corrected chi connectivity index (χ1v) is 10.7. The first-order valence-electron chi connectivity index (χ1n) is 9.87. The maximum absolute atomic E-state index is 13.1. The van der Waals surface area contributed by atoms with Gasteiger partial charge in [-0.1, -0.05) is 30.3 Å². The number of carbonyl (C=O) groups excluding carboxylic acids is 2. The van der Waals surface area contributed by atoms with E-state index in [1.807, 2.05) is 42.5 Å². The number of pyridine rings is 1. The van der Waals surface area contributed by atoms with Crippen LogP contribution in [-0.4, -0.2) is 41.4 Å². The number of ether oxygens (including phenoxy) is 1. The highest BCUT2D eigenvalue weighted by Crippen LogP contribution is 2.29. The third kappa shape index (κ3) is 4.01. The molecule has 2 amide bonds. The van der Waals surface area contributed by atoms with Gasteiger partial charge >= 0.3 is 0 Å². The smallest absolute Gasteiger partial charge is 0.257 e. The topological polar surface area (TPSA) is 97.5 Å². The van der Waals surface area contributed by atoms with Crippen molar-refractivity contribution in [1.82, 2.24) is 15.2 Å². The van der Waals surface area contributed by atoms with Crippen LogP contribution < -0.4 is 11.1 Å². The number of nitrogen functional groups attached to an aromatic ring is 1. The molecule has 1 aromatic carbocycles. The van der Waals surface area contributed by atoms with Crippen LogP contribution in [0.25, 0.3) is 10.1 Å². The quantitative estimate of drug-likeness (QED) is 0.634. The van der Waals surface area contributed by atoms with Crippen LogP contribution in [0.3, 0.4) is 0 Å². The van der Waals surface area contributed by atoms with Gasteiger partial charge in [-0.3, -0.25) is 9.59 Å². The van der Waals surface area contributed by atoms with E-state index in [0.717, 1.165) is 26.9 Å². The van der Waals surface area contributed by atoms with E-state index in [9.17, 15) is 9.59 Å². The van der Waals surface area contributed by atoms with E-state index >= 15 is 0 Å². The number of thiophene rings is 1. The summed E-state index contributed by atoms with van der Waals surface area (Å²) in [6, 6.07) is 12.7. The van der Waals surface area contributed by atoms with Gasteiger partial charge in [0.05, 0.1) is 6.54 Å². The standard InChI is InChI=1S/C22H24N4O3S/c1-29-19(14-6-3-2-4-7-14)22(28)26-11-5-8-17(26)21(27)25-13-15-12-16-18(30-15)9-10-24-20(16)23/h2-4,6-7,9-10,12,17,19H,5,8,11,13H2,1H3,(H2,23,24)(H,25,27)/t17-,19+/m0/s1. The normalized spacial score (nSPS) is 17.2. The molecule has 1 aliphatic heterocycles. The number of likely N-dealkylation sites (tertiary alicyclic amines) is 1. The van der Waals surface area contributed by atoms with Crippen LogP contribution in [0.2, 0.25) is 0 Å². The van der Waals surface area contributed by atoms with Gasteiger partial charge < -0.3 is 20.7 Å². The average molecular weight is 425 g/mol. The number of amides is 2. The Morgan fingerprint density at radius 1 is 1.33 bits per heavy atom. The highest BCUT2D eigenvalue weighted by atomic mass is 32.1. The van der Waals surface area contributed by atoms with Crippen LogP contribution in [0.4, 0.5) is 5.82 Å². The molecule has 8 heteroatoms. The van der Waals surface area contributed by atoms with Crippen LogP contribution in [0.15, 0.2) is 48.7 Å². The fraction of sp³-hybridized carbons (Fsp3) is 0.318. The summed E-state index contributed by atoms with van der Waals surface area (Å²) in [6.07, 6.45) is 2.40. The molecule has 7 nitrogen and oxygen atoms in total. The van der Waals surface area contributed by atoms with Crippen molar-refractivity contribution in [2.24, 2.45) is 0 Å². The van der Waals surface area contributed by atoms with Crippen LogP contribution in [0.5, 0.6) is 0 Å². The van der Waals surface area contributed by atoms with Crippen molar-refractivity contribution in [2.75, 3.05) is 19.4 Å². The molecule has 0 radical (unpaired) electrons. The molecule has 3 N–H and O–H groups in total. The van der Waals surface area contributed by atoms with Gasteiger partial charge in [0.25, 0.3) is 5.91 Å². The molecule has 0 aliphatic carbocycles. The Hall–Kier alpha value is -2.97. The Morgan fingerprint density at radius 2 is 2.13 bits per heavy atom. The molecule has 156 valence electrons. The highest BCUT2D eigenvalue weighted by Gasteiger charge is 2.37. The van der Waals surface area contributed by atoms with Gasteiger partial charge in [-0.25, -0.2) is 4.98 Å². The van der Waals surface area contributed by atoms with E-state index < -0.39 is 12.1 Å². The zero-order valence-electron chi connectivity index (χ0n) is 16.7. The maximum atomic E-state index is 13.1. The van der Waals surface area contributed by atoms with E-state index in [2.05, 4.69) is 10.3 Å². The van der Waals surface area contributed by atoms with Crippen molar-refractivity contribution in [3.05, 3.63) is 59.1 Å². The van der Waals surface area contributed by atoms with Gasteiger partial charge in [-0.15, -0.1) is 11.3 Å². The molecule has 2 aromatic heterocycles. The molecule has 0 bridgehead atoms. The van der Waals surface area contributed by atoms with E-state index in [-0.39, 0.29) is 11.8 Å². The number of rotatable bonds is 6. The summed E-state index contributed by atoms with van der Waals surface area (Å²) >= 11 is 1.57. The molecule has 0 saturated carbocycles. The minimum atomic E-state index is -0.710. The van der Waals surface area contributed by atoms with Crippen molar-refractivity contribution in [1.29, 1.82) is 0 Å². The Labute approximate surface area is 178 Å². The summed E-state index contributed by atoms with van der Waals surface area (Å²) in [5.41, 5.74) is 6.70. The third-order valence-electron chi connectivity index (χ3n) is 5.37. The number of fused-ring (bicyclic) bond motifs is 1. The first kappa shape index (κ1) is 20.3. The van der Waals surface area contributed by atoms with Gasteiger partial charge in [0, 0.05) is 34.8 Å². The zero-order valence-corrected chi connectivity index (χ0v) is 17.5. The summed E-state index contributed by atoms with van der Waals surface area (Å²) in [5, 5.41) is 3.88. The van der Waals surface area contributed by atoms with Gasteiger partial charge in [0.2, 0.25) is 5.91 Å². The number of carbonyl (C=O) groups is 2. The number of aromatic nitrogens is 1. The molecule has 1 aliphatic rings. The monoisotopic (exact) mass is 424 g/mol. The number of anilines is 1. The molecule has 4 rings (SSSR count). The van der Waals surface area contributed by atoms with Gasteiger partial charge in [-0.2, -0.15) is 0 Å². The molecule has 1 fully saturated rings. The second-order valence-corrected chi connectivity index (χ2v) is 8.42. The molecule has 0 spiro atoms. The lowest BCUT2D eigenvalue weighted by Gasteiger charge is -2.27. The molecule has 1 saturated heterocycles. The van der Waals surface area contributed by atoms with Crippen LogP contribution >= 0.6 is 11.3 Å². The first-order chi connectivity index (χ1) is 14.6. The molecule has 3 aromatic rings. The predicted molar refractivity (Wildman–Crippen MR) is 117 cm³/mol. The summed E-state index contributed by atoms with van der Waals surface area (Å²) in [7, 11) is 1.52. The number of nitrogens with zero attached hydrogens (tertiary/aromatic N) is 2. The fourth-order valence-electron chi connectivity index (χ4n) is 3.88. The SMILES string of the molecule is CO[C@@H](C(=O)N1CCC[C@H]1C(=O)NCc1cc2c(N)nccc2s1)c1ccccc1. The summed E-state index contributed by atoms with van der Waals surface area (Å²) in [5.74, 6) is 0.162. The predicted octanol–water partition coefficient (Wildman–Crippen LogP) is 2.87. The van der Waals surface area contributed by atoms with Gasteiger partial charge in [0.1, 0.15) is 11.9 Å². The lowest BCUT2D eigenvalue weighted by molar-refractivity contribution is -0.147. The van der Waals surface area contributed by atoms with Crippen molar-refractivity contribution in [3.8, 4) is 0 Å². The van der Waals surface area contributed by atoms with E-state index in [1.54, 1.807) is 22.4 Å².